The molecule has 4 N–H and O–H groups in total. The van der Waals surface area contributed by atoms with Crippen molar-refractivity contribution < 1.29 is 23.1 Å². The Bertz CT molecular complexity index is 1040. The number of benzene rings is 1. The number of nitrogens with one attached hydrogen (secondary N) is 3. The second-order valence-corrected chi connectivity index (χ2v) is 7.72. The van der Waals surface area contributed by atoms with Gasteiger partial charge in [0.15, 0.2) is 0 Å². The van der Waals surface area contributed by atoms with Crippen LogP contribution in [0.1, 0.15) is 29.6 Å². The van der Waals surface area contributed by atoms with Gasteiger partial charge in [0.25, 0.3) is 0 Å². The lowest BCUT2D eigenvalue weighted by atomic mass is 10.1. The van der Waals surface area contributed by atoms with E-state index in [1.54, 1.807) is 0 Å². The standard InChI is InChI=1S/C16H17N3O6S/c20-14-10-7-9(4-5-12(10)18-8-11(14)16(22)23)26(24,25)19-13-3-1-2-6-17-15(13)21/h4-5,7-8,13,19H,1-3,6H2,(H,17,21)(H,18,20)(H,22,23)/t13-/m1/s1. The Morgan fingerprint density at radius 3 is 2.73 bits per heavy atom. The summed E-state index contributed by atoms with van der Waals surface area (Å²) in [5.74, 6) is -1.80. The number of hydrogen-bond acceptors (Lipinski definition) is 5. The van der Waals surface area contributed by atoms with Gasteiger partial charge in [0.05, 0.1) is 4.90 Å². The summed E-state index contributed by atoms with van der Waals surface area (Å²) in [6, 6.07) is 2.89. The second kappa shape index (κ2) is 6.89. The molecule has 1 aromatic carbocycles. The second-order valence-electron chi connectivity index (χ2n) is 6.00. The van der Waals surface area contributed by atoms with E-state index in [9.17, 15) is 22.8 Å². The number of aromatic amines is 1. The summed E-state index contributed by atoms with van der Waals surface area (Å²) in [5.41, 5.74) is -0.954. The van der Waals surface area contributed by atoms with Gasteiger partial charge in [0, 0.05) is 23.6 Å². The van der Waals surface area contributed by atoms with Gasteiger partial charge in [-0.3, -0.25) is 9.59 Å². The Morgan fingerprint density at radius 2 is 2.00 bits per heavy atom. The van der Waals surface area contributed by atoms with Crippen LogP contribution in [-0.2, 0) is 14.8 Å². The molecule has 1 aliphatic heterocycles. The van der Waals surface area contributed by atoms with E-state index in [4.69, 9.17) is 5.11 Å². The highest BCUT2D eigenvalue weighted by atomic mass is 32.2. The molecule has 1 saturated heterocycles. The Balaban J connectivity index is 2.00. The summed E-state index contributed by atoms with van der Waals surface area (Å²) in [6.07, 6.45) is 2.91. The summed E-state index contributed by atoms with van der Waals surface area (Å²) in [4.78, 5) is 37.7. The average Bonchev–Trinajstić information content (AvgIpc) is 2.79. The first-order valence-electron chi connectivity index (χ1n) is 7.98. The van der Waals surface area contributed by atoms with E-state index < -0.39 is 38.9 Å². The lowest BCUT2D eigenvalue weighted by molar-refractivity contribution is -0.122. The van der Waals surface area contributed by atoms with Gasteiger partial charge in [-0.1, -0.05) is 0 Å². The predicted molar refractivity (Wildman–Crippen MR) is 92.5 cm³/mol. The molecule has 138 valence electrons. The van der Waals surface area contributed by atoms with Gasteiger partial charge in [-0.05, 0) is 37.5 Å². The van der Waals surface area contributed by atoms with Crippen molar-refractivity contribution in [2.24, 2.45) is 0 Å². The Kier molecular flexibility index (Phi) is 4.79. The molecule has 0 bridgehead atoms. The van der Waals surface area contributed by atoms with Crippen LogP contribution in [0.3, 0.4) is 0 Å². The van der Waals surface area contributed by atoms with Crippen molar-refractivity contribution in [3.63, 3.8) is 0 Å². The summed E-state index contributed by atoms with van der Waals surface area (Å²) < 4.78 is 27.6. The Morgan fingerprint density at radius 1 is 1.23 bits per heavy atom. The molecule has 0 spiro atoms. The van der Waals surface area contributed by atoms with Crippen LogP contribution in [0, 0.1) is 0 Å². The highest BCUT2D eigenvalue weighted by Crippen LogP contribution is 2.17. The molecule has 3 rings (SSSR count). The molecule has 1 aliphatic rings. The number of amides is 1. The van der Waals surface area contributed by atoms with Gasteiger partial charge in [-0.25, -0.2) is 13.2 Å². The summed E-state index contributed by atoms with van der Waals surface area (Å²) in [5, 5.41) is 11.6. The van der Waals surface area contributed by atoms with Crippen molar-refractivity contribution >= 4 is 32.8 Å². The van der Waals surface area contributed by atoms with Crippen LogP contribution in [0.4, 0.5) is 0 Å². The molecule has 0 radical (unpaired) electrons. The zero-order valence-electron chi connectivity index (χ0n) is 13.6. The van der Waals surface area contributed by atoms with E-state index in [2.05, 4.69) is 15.0 Å². The number of H-pyrrole nitrogens is 1. The minimum atomic E-state index is -4.06. The van der Waals surface area contributed by atoms with Crippen molar-refractivity contribution in [1.82, 2.24) is 15.0 Å². The molecule has 0 unspecified atom stereocenters. The number of hydrogen-bond donors (Lipinski definition) is 4. The van der Waals surface area contributed by atoms with Gasteiger partial charge in [-0.2, -0.15) is 4.72 Å². The molecule has 2 heterocycles. The minimum Gasteiger partial charge on any atom is -0.477 e. The van der Waals surface area contributed by atoms with Crippen LogP contribution in [-0.4, -0.2) is 43.0 Å². The van der Waals surface area contributed by atoms with E-state index in [1.807, 2.05) is 0 Å². The number of aromatic nitrogens is 1. The average molecular weight is 379 g/mol. The van der Waals surface area contributed by atoms with Crippen molar-refractivity contribution in [1.29, 1.82) is 0 Å². The monoisotopic (exact) mass is 379 g/mol. The zero-order chi connectivity index (χ0) is 18.9. The van der Waals surface area contributed by atoms with Crippen LogP contribution in [0.15, 0.2) is 34.1 Å². The Hall–Kier alpha value is -2.72. The van der Waals surface area contributed by atoms with Crippen molar-refractivity contribution in [2.75, 3.05) is 6.54 Å². The Labute approximate surface area is 148 Å². The summed E-state index contributed by atoms with van der Waals surface area (Å²) >= 11 is 0. The van der Waals surface area contributed by atoms with Gasteiger partial charge in [0.1, 0.15) is 11.6 Å². The first-order chi connectivity index (χ1) is 12.3. The van der Waals surface area contributed by atoms with E-state index in [1.165, 1.54) is 12.1 Å². The van der Waals surface area contributed by atoms with Crippen LogP contribution in [0.2, 0.25) is 0 Å². The van der Waals surface area contributed by atoms with E-state index in [0.717, 1.165) is 18.7 Å². The fraction of sp³-hybridized carbons (Fsp3) is 0.312. The number of fused-ring (bicyclic) bond motifs is 1. The van der Waals surface area contributed by atoms with Crippen LogP contribution in [0.5, 0.6) is 0 Å². The fourth-order valence-electron chi connectivity index (χ4n) is 2.83. The molecule has 1 fully saturated rings. The highest BCUT2D eigenvalue weighted by molar-refractivity contribution is 7.89. The van der Waals surface area contributed by atoms with Crippen molar-refractivity contribution in [2.45, 2.75) is 30.2 Å². The SMILES string of the molecule is O=C(O)c1c[nH]c2ccc(S(=O)(=O)N[C@@H]3CCCCNC3=O)cc2c1=O. The third kappa shape index (κ3) is 3.46. The van der Waals surface area contributed by atoms with Crippen LogP contribution >= 0.6 is 0 Å². The van der Waals surface area contributed by atoms with Crippen LogP contribution < -0.4 is 15.5 Å². The molecular formula is C16H17N3O6S. The number of rotatable bonds is 4. The van der Waals surface area contributed by atoms with Gasteiger partial charge in [-0.15, -0.1) is 0 Å². The number of carbonyl (C=O) groups excluding carboxylic acids is 1. The maximum Gasteiger partial charge on any atom is 0.341 e. The normalized spacial score (nSPS) is 18.3. The lowest BCUT2D eigenvalue weighted by Crippen LogP contribution is -2.45. The number of aromatic carboxylic acids is 1. The number of sulfonamides is 1. The largest absolute Gasteiger partial charge is 0.477 e. The van der Waals surface area contributed by atoms with Crippen molar-refractivity contribution in [3.05, 3.63) is 40.2 Å². The quantitative estimate of drug-likeness (QED) is 0.596. The topological polar surface area (TPSA) is 145 Å². The third-order valence-corrected chi connectivity index (χ3v) is 5.70. The van der Waals surface area contributed by atoms with E-state index >= 15 is 0 Å². The number of pyridine rings is 1. The predicted octanol–water partition coefficient (Wildman–Crippen LogP) is 0.173. The molecule has 10 heteroatoms. The van der Waals surface area contributed by atoms with Gasteiger partial charge >= 0.3 is 5.97 Å². The summed E-state index contributed by atoms with van der Waals surface area (Å²) in [6.45, 7) is 0.500. The molecule has 9 nitrogen and oxygen atoms in total. The maximum atomic E-state index is 12.6. The smallest absolute Gasteiger partial charge is 0.341 e. The highest BCUT2D eigenvalue weighted by Gasteiger charge is 2.27. The molecule has 0 aliphatic carbocycles. The zero-order valence-corrected chi connectivity index (χ0v) is 14.4. The van der Waals surface area contributed by atoms with Crippen molar-refractivity contribution in [3.8, 4) is 0 Å². The maximum absolute atomic E-state index is 12.6. The summed E-state index contributed by atoms with van der Waals surface area (Å²) in [7, 11) is -4.06. The lowest BCUT2D eigenvalue weighted by Gasteiger charge is -2.15. The molecule has 1 amide bonds. The van der Waals surface area contributed by atoms with E-state index in [-0.39, 0.29) is 10.3 Å². The molecule has 2 aromatic rings. The molecule has 0 saturated carbocycles. The van der Waals surface area contributed by atoms with Crippen LogP contribution in [0.25, 0.3) is 10.9 Å². The first-order valence-corrected chi connectivity index (χ1v) is 9.47. The van der Waals surface area contributed by atoms with Gasteiger partial charge in [0.2, 0.25) is 21.4 Å². The number of carboxylic acids is 1. The number of carbonyl (C=O) groups is 2. The number of carboxylic acid groups (broad SMARTS) is 1. The molecule has 26 heavy (non-hydrogen) atoms. The van der Waals surface area contributed by atoms with E-state index in [0.29, 0.717) is 24.9 Å². The molecule has 1 aromatic heterocycles. The fourth-order valence-corrected chi connectivity index (χ4v) is 4.09. The van der Waals surface area contributed by atoms with Gasteiger partial charge < -0.3 is 15.4 Å². The molecule has 1 atom stereocenters. The first kappa shape index (κ1) is 18.1. The minimum absolute atomic E-state index is 0.0573. The third-order valence-electron chi connectivity index (χ3n) is 4.23. The molecular weight excluding hydrogens is 362 g/mol.